The Morgan fingerprint density at radius 1 is 1.21 bits per heavy atom. The molecule has 1 heterocycles. The second kappa shape index (κ2) is 6.12. The minimum atomic E-state index is 0.774. The monoisotopic (exact) mass is 280 g/mol. The lowest BCUT2D eigenvalue weighted by molar-refractivity contribution is 0.232. The molecule has 1 aliphatic carbocycles. The number of rotatable bonds is 5. The molecule has 0 bridgehead atoms. The van der Waals surface area contributed by atoms with E-state index in [0.29, 0.717) is 0 Å². The Balaban J connectivity index is 1.62. The standard InChI is InChI=1S/C15H21ClN2O/c16-14-7-13(10-18-5-3-17-4-6-18)8-15(9-14)19-11-12-1-2-12/h7-9,12,17H,1-6,10-11H2. The molecule has 104 valence electrons. The molecule has 1 aromatic carbocycles. The zero-order valence-corrected chi connectivity index (χ0v) is 12.0. The van der Waals surface area contributed by atoms with E-state index in [-0.39, 0.29) is 0 Å². The van der Waals surface area contributed by atoms with Crippen LogP contribution in [0.2, 0.25) is 5.02 Å². The van der Waals surface area contributed by atoms with E-state index < -0.39 is 0 Å². The molecule has 0 radical (unpaired) electrons. The SMILES string of the molecule is Clc1cc(CN2CCNCC2)cc(OCC2CC2)c1. The summed E-state index contributed by atoms with van der Waals surface area (Å²) < 4.78 is 5.83. The predicted molar refractivity (Wildman–Crippen MR) is 77.8 cm³/mol. The van der Waals surface area contributed by atoms with Gasteiger partial charge in [-0.15, -0.1) is 0 Å². The predicted octanol–water partition coefficient (Wildman–Crippen LogP) is 2.53. The largest absolute Gasteiger partial charge is 0.493 e. The van der Waals surface area contributed by atoms with E-state index in [9.17, 15) is 0 Å². The fraction of sp³-hybridized carbons (Fsp3) is 0.600. The van der Waals surface area contributed by atoms with Crippen molar-refractivity contribution in [1.82, 2.24) is 10.2 Å². The van der Waals surface area contributed by atoms with Crippen molar-refractivity contribution in [2.24, 2.45) is 5.92 Å². The van der Waals surface area contributed by atoms with Crippen LogP contribution < -0.4 is 10.1 Å². The van der Waals surface area contributed by atoms with Crippen LogP contribution in [-0.4, -0.2) is 37.7 Å². The Morgan fingerprint density at radius 2 is 2.00 bits per heavy atom. The van der Waals surface area contributed by atoms with Gasteiger partial charge in [-0.05, 0) is 42.5 Å². The van der Waals surface area contributed by atoms with E-state index in [1.165, 1.54) is 18.4 Å². The molecule has 1 aromatic rings. The summed E-state index contributed by atoms with van der Waals surface area (Å²) >= 11 is 6.19. The summed E-state index contributed by atoms with van der Waals surface area (Å²) in [6, 6.07) is 6.11. The first kappa shape index (κ1) is 13.2. The summed E-state index contributed by atoms with van der Waals surface area (Å²) in [7, 11) is 0. The lowest BCUT2D eigenvalue weighted by atomic mass is 10.2. The molecular formula is C15H21ClN2O. The molecule has 1 N–H and O–H groups in total. The molecule has 0 aromatic heterocycles. The summed E-state index contributed by atoms with van der Waals surface area (Å²) in [5, 5.41) is 4.15. The maximum absolute atomic E-state index is 6.19. The number of hydrogen-bond donors (Lipinski definition) is 1. The highest BCUT2D eigenvalue weighted by Crippen LogP contribution is 2.30. The third-order valence-electron chi connectivity index (χ3n) is 3.73. The molecule has 0 unspecified atom stereocenters. The van der Waals surface area contributed by atoms with E-state index in [4.69, 9.17) is 16.3 Å². The van der Waals surface area contributed by atoms with Crippen LogP contribution in [0.25, 0.3) is 0 Å². The van der Waals surface area contributed by atoms with Crippen LogP contribution in [0.15, 0.2) is 18.2 Å². The molecule has 0 amide bonds. The van der Waals surface area contributed by atoms with Gasteiger partial charge in [-0.2, -0.15) is 0 Å². The number of hydrogen-bond acceptors (Lipinski definition) is 3. The highest BCUT2D eigenvalue weighted by molar-refractivity contribution is 6.30. The highest BCUT2D eigenvalue weighted by Gasteiger charge is 2.22. The van der Waals surface area contributed by atoms with Crippen LogP contribution in [0.5, 0.6) is 5.75 Å². The molecule has 4 heteroatoms. The van der Waals surface area contributed by atoms with Gasteiger partial charge in [0.15, 0.2) is 0 Å². The van der Waals surface area contributed by atoms with Gasteiger partial charge in [0.1, 0.15) is 5.75 Å². The van der Waals surface area contributed by atoms with E-state index >= 15 is 0 Å². The molecule has 3 nitrogen and oxygen atoms in total. The molecule has 1 aliphatic heterocycles. The van der Waals surface area contributed by atoms with E-state index in [1.54, 1.807) is 0 Å². The summed E-state index contributed by atoms with van der Waals surface area (Å²) in [5.74, 6) is 1.69. The summed E-state index contributed by atoms with van der Waals surface area (Å²) in [4.78, 5) is 2.45. The third kappa shape index (κ3) is 4.10. The van der Waals surface area contributed by atoms with Crippen LogP contribution in [0.3, 0.4) is 0 Å². The second-order valence-corrected chi connectivity index (χ2v) is 6.01. The van der Waals surface area contributed by atoms with Crippen molar-refractivity contribution in [1.29, 1.82) is 0 Å². The average Bonchev–Trinajstić information content (AvgIpc) is 3.21. The molecule has 0 spiro atoms. The molecule has 2 aliphatic rings. The van der Waals surface area contributed by atoms with Gasteiger partial charge in [0.25, 0.3) is 0 Å². The Hall–Kier alpha value is -0.770. The maximum atomic E-state index is 6.19. The van der Waals surface area contributed by atoms with Gasteiger partial charge in [0.05, 0.1) is 6.61 Å². The second-order valence-electron chi connectivity index (χ2n) is 5.58. The van der Waals surface area contributed by atoms with Crippen molar-refractivity contribution in [3.63, 3.8) is 0 Å². The average molecular weight is 281 g/mol. The third-order valence-corrected chi connectivity index (χ3v) is 3.95. The number of nitrogens with zero attached hydrogens (tertiary/aromatic N) is 1. The molecular weight excluding hydrogens is 260 g/mol. The van der Waals surface area contributed by atoms with Crippen molar-refractivity contribution in [3.8, 4) is 5.75 Å². The first-order valence-electron chi connectivity index (χ1n) is 7.15. The van der Waals surface area contributed by atoms with Crippen LogP contribution in [-0.2, 0) is 6.54 Å². The van der Waals surface area contributed by atoms with Crippen LogP contribution in [0.1, 0.15) is 18.4 Å². The van der Waals surface area contributed by atoms with Crippen molar-refractivity contribution < 1.29 is 4.74 Å². The maximum Gasteiger partial charge on any atom is 0.121 e. The highest BCUT2D eigenvalue weighted by atomic mass is 35.5. The number of halogens is 1. The lowest BCUT2D eigenvalue weighted by Crippen LogP contribution is -2.42. The zero-order chi connectivity index (χ0) is 13.1. The molecule has 1 saturated heterocycles. The lowest BCUT2D eigenvalue weighted by Gasteiger charge is -2.27. The Labute approximate surface area is 119 Å². The van der Waals surface area contributed by atoms with Crippen LogP contribution >= 0.6 is 11.6 Å². The zero-order valence-electron chi connectivity index (χ0n) is 11.2. The molecule has 3 rings (SSSR count). The van der Waals surface area contributed by atoms with Gasteiger partial charge in [0, 0.05) is 37.7 Å². The van der Waals surface area contributed by atoms with E-state index in [1.807, 2.05) is 12.1 Å². The number of nitrogens with one attached hydrogen (secondary N) is 1. The summed E-state index contributed by atoms with van der Waals surface area (Å²) in [5.41, 5.74) is 1.25. The molecule has 1 saturated carbocycles. The van der Waals surface area contributed by atoms with Gasteiger partial charge in [-0.1, -0.05) is 11.6 Å². The van der Waals surface area contributed by atoms with Gasteiger partial charge < -0.3 is 10.1 Å². The Bertz CT molecular complexity index is 428. The molecule has 2 fully saturated rings. The fourth-order valence-corrected chi connectivity index (χ4v) is 2.67. The Morgan fingerprint density at radius 3 is 2.74 bits per heavy atom. The first-order chi connectivity index (χ1) is 9.29. The number of piperazine rings is 1. The normalized spacial score (nSPS) is 20.5. The van der Waals surface area contributed by atoms with E-state index in [0.717, 1.165) is 56.0 Å². The van der Waals surface area contributed by atoms with Crippen molar-refractivity contribution in [2.75, 3.05) is 32.8 Å². The van der Waals surface area contributed by atoms with Gasteiger partial charge >= 0.3 is 0 Å². The quantitative estimate of drug-likeness (QED) is 0.897. The van der Waals surface area contributed by atoms with Crippen LogP contribution in [0.4, 0.5) is 0 Å². The Kier molecular flexibility index (Phi) is 4.26. The minimum absolute atomic E-state index is 0.774. The van der Waals surface area contributed by atoms with Crippen LogP contribution in [0, 0.1) is 5.92 Å². The minimum Gasteiger partial charge on any atom is -0.493 e. The van der Waals surface area contributed by atoms with Gasteiger partial charge in [-0.25, -0.2) is 0 Å². The topological polar surface area (TPSA) is 24.5 Å². The first-order valence-corrected chi connectivity index (χ1v) is 7.53. The fourth-order valence-electron chi connectivity index (χ4n) is 2.42. The van der Waals surface area contributed by atoms with Crippen molar-refractivity contribution in [3.05, 3.63) is 28.8 Å². The summed E-state index contributed by atoms with van der Waals surface area (Å²) in [6.45, 7) is 6.15. The van der Waals surface area contributed by atoms with E-state index in [2.05, 4.69) is 16.3 Å². The van der Waals surface area contributed by atoms with Gasteiger partial charge in [-0.3, -0.25) is 4.90 Å². The number of benzene rings is 1. The van der Waals surface area contributed by atoms with Crippen molar-refractivity contribution >= 4 is 11.6 Å². The molecule has 19 heavy (non-hydrogen) atoms. The van der Waals surface area contributed by atoms with Gasteiger partial charge in [0.2, 0.25) is 0 Å². The smallest absolute Gasteiger partial charge is 0.121 e. The number of ether oxygens (including phenoxy) is 1. The van der Waals surface area contributed by atoms with Crippen molar-refractivity contribution in [2.45, 2.75) is 19.4 Å². The summed E-state index contributed by atoms with van der Waals surface area (Å²) in [6.07, 6.45) is 2.63. The molecule has 0 atom stereocenters.